The molecule has 0 bridgehead atoms. The fourth-order valence-corrected chi connectivity index (χ4v) is 2.99. The molecule has 1 aromatic rings. The van der Waals surface area contributed by atoms with Gasteiger partial charge in [0.05, 0.1) is 16.7 Å². The molecule has 0 aliphatic rings. The van der Waals surface area contributed by atoms with E-state index in [1.807, 2.05) is 19.0 Å². The van der Waals surface area contributed by atoms with Crippen LogP contribution in [0.3, 0.4) is 0 Å². The molecule has 0 heterocycles. The van der Waals surface area contributed by atoms with Gasteiger partial charge in [0.25, 0.3) is 0 Å². The highest BCUT2D eigenvalue weighted by Gasteiger charge is 2.25. The van der Waals surface area contributed by atoms with Crippen LogP contribution in [0.4, 0.5) is 0 Å². The Morgan fingerprint density at radius 2 is 0.840 bits per heavy atom. The summed E-state index contributed by atoms with van der Waals surface area (Å²) in [7, 11) is 3.78. The van der Waals surface area contributed by atoms with Crippen LogP contribution >= 0.6 is 0 Å². The predicted octanol–water partition coefficient (Wildman–Crippen LogP) is 2.55. The Labute approximate surface area is 152 Å². The van der Waals surface area contributed by atoms with E-state index in [1.165, 1.54) is 0 Å². The largest absolute Gasteiger partial charge is 0.507 e. The number of hydrogen-bond donors (Lipinski definition) is 3. The van der Waals surface area contributed by atoms with Crippen molar-refractivity contribution in [3.05, 3.63) is 16.7 Å². The summed E-state index contributed by atoms with van der Waals surface area (Å²) in [4.78, 5) is 6.16. The molecule has 0 saturated carbocycles. The summed E-state index contributed by atoms with van der Waals surface area (Å²) in [5.41, 5.74) is 1.48. The van der Waals surface area contributed by atoms with E-state index in [2.05, 4.69) is 37.5 Å². The normalized spacial score (nSPS) is 11.9. The number of rotatable bonds is 10. The van der Waals surface area contributed by atoms with Gasteiger partial charge in [-0.05, 0) is 40.3 Å². The van der Waals surface area contributed by atoms with Crippen LogP contribution in [0.15, 0.2) is 0 Å². The maximum Gasteiger partial charge on any atom is 0.132 e. The predicted molar refractivity (Wildman–Crippen MR) is 102 cm³/mol. The molecule has 1 aromatic carbocycles. The van der Waals surface area contributed by atoms with Crippen molar-refractivity contribution < 1.29 is 15.3 Å². The van der Waals surface area contributed by atoms with Crippen LogP contribution < -0.4 is 0 Å². The molecule has 0 aromatic heterocycles. The first-order valence-electron chi connectivity index (χ1n) is 9.17. The number of phenolic OH excluding ortho intramolecular Hbond substituents is 3. The Hall–Kier alpha value is -1.50. The van der Waals surface area contributed by atoms with Gasteiger partial charge >= 0.3 is 0 Å². The first-order chi connectivity index (χ1) is 11.8. The van der Waals surface area contributed by atoms with Gasteiger partial charge in [-0.25, -0.2) is 0 Å². The summed E-state index contributed by atoms with van der Waals surface area (Å²) >= 11 is 0. The number of hydrogen-bond acceptors (Lipinski definition) is 6. The van der Waals surface area contributed by atoms with Crippen molar-refractivity contribution in [2.24, 2.45) is 0 Å². The van der Waals surface area contributed by atoms with Crippen LogP contribution in [0, 0.1) is 0 Å². The summed E-state index contributed by atoms with van der Waals surface area (Å²) < 4.78 is 0. The molecular weight excluding hydrogens is 318 g/mol. The summed E-state index contributed by atoms with van der Waals surface area (Å²) in [6, 6.07) is 0. The zero-order valence-corrected chi connectivity index (χ0v) is 16.6. The van der Waals surface area contributed by atoms with Crippen molar-refractivity contribution in [1.82, 2.24) is 14.7 Å². The number of nitrogens with zero attached hydrogens (tertiary/aromatic N) is 3. The third-order valence-corrected chi connectivity index (χ3v) is 4.74. The topological polar surface area (TPSA) is 70.4 Å². The quantitative estimate of drug-likeness (QED) is 0.600. The second-order valence-electron chi connectivity index (χ2n) is 6.64. The van der Waals surface area contributed by atoms with Crippen molar-refractivity contribution in [1.29, 1.82) is 0 Å². The van der Waals surface area contributed by atoms with Gasteiger partial charge < -0.3 is 20.2 Å². The van der Waals surface area contributed by atoms with E-state index in [0.717, 1.165) is 26.2 Å². The van der Waals surface area contributed by atoms with Gasteiger partial charge in [0.1, 0.15) is 17.2 Å². The highest BCUT2D eigenvalue weighted by molar-refractivity contribution is 5.61. The molecule has 0 atom stereocenters. The highest BCUT2D eigenvalue weighted by atomic mass is 16.3. The molecule has 0 radical (unpaired) electrons. The Morgan fingerprint density at radius 3 is 1.08 bits per heavy atom. The lowest BCUT2D eigenvalue weighted by molar-refractivity contribution is 0.270. The molecule has 0 spiro atoms. The third-order valence-electron chi connectivity index (χ3n) is 4.74. The lowest BCUT2D eigenvalue weighted by Crippen LogP contribution is -2.25. The van der Waals surface area contributed by atoms with Crippen molar-refractivity contribution in [2.75, 3.05) is 40.3 Å². The van der Waals surface area contributed by atoms with E-state index >= 15 is 0 Å². The van der Waals surface area contributed by atoms with E-state index in [4.69, 9.17) is 0 Å². The zero-order chi connectivity index (χ0) is 19.1. The van der Waals surface area contributed by atoms with Gasteiger partial charge in [0, 0.05) is 19.6 Å². The molecule has 144 valence electrons. The van der Waals surface area contributed by atoms with E-state index in [0.29, 0.717) is 36.3 Å². The van der Waals surface area contributed by atoms with Crippen molar-refractivity contribution in [2.45, 2.75) is 47.3 Å². The van der Waals surface area contributed by atoms with Crippen LogP contribution in [-0.2, 0) is 19.6 Å². The Bertz CT molecular complexity index is 512. The molecule has 6 heteroatoms. The standard InChI is InChI=1S/C19H35N3O3/c1-7-21(8-2)12-15-17(23)14(11-20(5)6)18(24)16(19(15)25)13-22(9-3)10-4/h23-25H,7-13H2,1-6H3. The number of aromatic hydroxyl groups is 3. The fourth-order valence-electron chi connectivity index (χ4n) is 2.99. The van der Waals surface area contributed by atoms with Crippen molar-refractivity contribution in [3.63, 3.8) is 0 Å². The summed E-state index contributed by atoms with van der Waals surface area (Å²) in [6.07, 6.45) is 0. The minimum atomic E-state index is -0.00102. The maximum absolute atomic E-state index is 10.8. The summed E-state index contributed by atoms with van der Waals surface area (Å²) in [5.74, 6) is 0.00843. The maximum atomic E-state index is 10.8. The Kier molecular flexibility index (Phi) is 8.48. The molecule has 25 heavy (non-hydrogen) atoms. The third kappa shape index (κ3) is 5.23. The van der Waals surface area contributed by atoms with Gasteiger partial charge in [0.15, 0.2) is 0 Å². The first kappa shape index (κ1) is 21.5. The highest BCUT2D eigenvalue weighted by Crippen LogP contribution is 2.43. The summed E-state index contributed by atoms with van der Waals surface area (Å²) in [6.45, 7) is 12.8. The van der Waals surface area contributed by atoms with E-state index in [-0.39, 0.29) is 17.2 Å². The lowest BCUT2D eigenvalue weighted by Gasteiger charge is -2.26. The summed E-state index contributed by atoms with van der Waals surface area (Å²) in [5, 5.41) is 32.3. The van der Waals surface area contributed by atoms with E-state index in [1.54, 1.807) is 0 Å². The monoisotopic (exact) mass is 353 g/mol. The minimum absolute atomic E-state index is 0.00102. The second-order valence-corrected chi connectivity index (χ2v) is 6.64. The molecule has 3 N–H and O–H groups in total. The van der Waals surface area contributed by atoms with Gasteiger partial charge in [-0.15, -0.1) is 0 Å². The second kappa shape index (κ2) is 9.85. The number of benzene rings is 1. The smallest absolute Gasteiger partial charge is 0.132 e. The van der Waals surface area contributed by atoms with Crippen LogP contribution in [0.1, 0.15) is 44.4 Å². The molecule has 0 unspecified atom stereocenters. The Morgan fingerprint density at radius 1 is 0.560 bits per heavy atom. The van der Waals surface area contributed by atoms with E-state index in [9.17, 15) is 15.3 Å². The zero-order valence-electron chi connectivity index (χ0n) is 16.6. The van der Waals surface area contributed by atoms with Crippen LogP contribution in [0.2, 0.25) is 0 Å². The molecule has 0 aliphatic heterocycles. The van der Waals surface area contributed by atoms with Crippen LogP contribution in [0.25, 0.3) is 0 Å². The molecule has 6 nitrogen and oxygen atoms in total. The van der Waals surface area contributed by atoms with Gasteiger partial charge in [0.2, 0.25) is 0 Å². The van der Waals surface area contributed by atoms with Crippen molar-refractivity contribution in [3.8, 4) is 17.2 Å². The molecule has 0 aliphatic carbocycles. The number of phenols is 3. The van der Waals surface area contributed by atoms with Crippen LogP contribution in [0.5, 0.6) is 17.2 Å². The first-order valence-corrected chi connectivity index (χ1v) is 9.17. The van der Waals surface area contributed by atoms with Crippen molar-refractivity contribution >= 4 is 0 Å². The van der Waals surface area contributed by atoms with E-state index < -0.39 is 0 Å². The molecule has 0 fully saturated rings. The SMILES string of the molecule is CCN(CC)Cc1c(O)c(CN(C)C)c(O)c(CN(CC)CC)c1O. The van der Waals surface area contributed by atoms with Gasteiger partial charge in [-0.2, -0.15) is 0 Å². The molecule has 0 saturated heterocycles. The Balaban J connectivity index is 3.48. The molecule has 0 amide bonds. The van der Waals surface area contributed by atoms with Crippen LogP contribution in [-0.4, -0.2) is 70.3 Å². The van der Waals surface area contributed by atoms with Gasteiger partial charge in [-0.3, -0.25) is 9.80 Å². The fraction of sp³-hybridized carbons (Fsp3) is 0.684. The average Bonchev–Trinajstić information content (AvgIpc) is 2.59. The molecular formula is C19H35N3O3. The van der Waals surface area contributed by atoms with Gasteiger partial charge in [-0.1, -0.05) is 27.7 Å². The molecule has 1 rings (SSSR count). The lowest BCUT2D eigenvalue weighted by atomic mass is 9.98. The average molecular weight is 354 g/mol. The minimum Gasteiger partial charge on any atom is -0.507 e.